The summed E-state index contributed by atoms with van der Waals surface area (Å²) in [7, 11) is 0. The van der Waals surface area contributed by atoms with Gasteiger partial charge in [0, 0.05) is 32.8 Å². The summed E-state index contributed by atoms with van der Waals surface area (Å²) in [6.07, 6.45) is 3.36. The van der Waals surface area contributed by atoms with E-state index in [4.69, 9.17) is 19.9 Å². The lowest BCUT2D eigenvalue weighted by atomic mass is 10.1. The molecule has 2 aliphatic heterocycles. The van der Waals surface area contributed by atoms with Gasteiger partial charge >= 0.3 is 0 Å². The van der Waals surface area contributed by atoms with Crippen LogP contribution >= 0.6 is 24.0 Å². The number of benzene rings is 1. The van der Waals surface area contributed by atoms with E-state index in [1.165, 1.54) is 5.56 Å². The monoisotopic (exact) mass is 518 g/mol. The van der Waals surface area contributed by atoms with Crippen LogP contribution in [-0.4, -0.2) is 69.6 Å². The van der Waals surface area contributed by atoms with E-state index in [1.54, 1.807) is 0 Å². The third-order valence-corrected chi connectivity index (χ3v) is 5.17. The van der Waals surface area contributed by atoms with Gasteiger partial charge in [0.1, 0.15) is 0 Å². The Bertz CT molecular complexity index is 588. The van der Waals surface area contributed by atoms with E-state index in [0.29, 0.717) is 25.2 Å². The molecule has 2 aliphatic rings. The molecule has 0 spiro atoms. The average molecular weight is 518 g/mol. The molecule has 1 aromatic rings. The highest BCUT2D eigenvalue weighted by Crippen LogP contribution is 2.14. The molecule has 0 bridgehead atoms. The molecule has 2 saturated heterocycles. The molecule has 3 N–H and O–H groups in total. The third-order valence-electron chi connectivity index (χ3n) is 5.17. The first-order valence-corrected chi connectivity index (χ1v) is 10.4. The molecule has 0 radical (unpaired) electrons. The summed E-state index contributed by atoms with van der Waals surface area (Å²) in [5.74, 6) is 0.508. The highest BCUT2D eigenvalue weighted by atomic mass is 127. The van der Waals surface area contributed by atoms with Crippen LogP contribution in [0.1, 0.15) is 30.4 Å². The molecule has 3 rings (SSSR count). The molecule has 0 atom stereocenters. The van der Waals surface area contributed by atoms with Gasteiger partial charge in [-0.25, -0.2) is 4.99 Å². The number of nitrogens with one attached hydrogen (secondary N) is 1. The van der Waals surface area contributed by atoms with Crippen molar-refractivity contribution >= 4 is 29.9 Å². The zero-order valence-corrected chi connectivity index (χ0v) is 19.5. The van der Waals surface area contributed by atoms with Crippen molar-refractivity contribution in [2.45, 2.75) is 38.5 Å². The lowest BCUT2D eigenvalue weighted by molar-refractivity contribution is -0.0390. The second kappa shape index (κ2) is 14.1. The average Bonchev–Trinajstić information content (AvgIpc) is 2.76. The van der Waals surface area contributed by atoms with E-state index in [2.05, 4.69) is 39.5 Å². The van der Waals surface area contributed by atoms with E-state index < -0.39 is 0 Å². The largest absolute Gasteiger partial charge is 0.381 e. The van der Waals surface area contributed by atoms with E-state index in [-0.39, 0.29) is 24.0 Å². The lowest BCUT2D eigenvalue weighted by Crippen LogP contribution is -2.39. The molecule has 29 heavy (non-hydrogen) atoms. The Morgan fingerprint density at radius 1 is 1.07 bits per heavy atom. The maximum atomic E-state index is 5.98. The predicted molar refractivity (Wildman–Crippen MR) is 126 cm³/mol. The summed E-state index contributed by atoms with van der Waals surface area (Å²) in [4.78, 5) is 6.85. The van der Waals surface area contributed by atoms with Crippen molar-refractivity contribution in [3.8, 4) is 0 Å². The number of halogens is 1. The molecule has 164 valence electrons. The van der Waals surface area contributed by atoms with Crippen LogP contribution in [0.15, 0.2) is 29.3 Å². The van der Waals surface area contributed by atoms with Gasteiger partial charge in [-0.2, -0.15) is 0 Å². The number of ether oxygens (including phenoxy) is 3. The summed E-state index contributed by atoms with van der Waals surface area (Å²) in [5, 5.41) is 3.20. The Balaban J connectivity index is 0.00000300. The van der Waals surface area contributed by atoms with Crippen LogP contribution in [0.2, 0.25) is 0 Å². The number of morpholine rings is 1. The van der Waals surface area contributed by atoms with Crippen molar-refractivity contribution in [2.24, 2.45) is 10.7 Å². The van der Waals surface area contributed by atoms with Gasteiger partial charge in [0.05, 0.1) is 32.5 Å². The fraction of sp³-hybridized carbons (Fsp3) is 0.667. The van der Waals surface area contributed by atoms with Crippen LogP contribution in [0, 0.1) is 0 Å². The molecule has 0 unspecified atom stereocenters. The molecule has 1 aromatic carbocycles. The lowest BCUT2D eigenvalue weighted by Gasteiger charge is -2.26. The first-order chi connectivity index (χ1) is 13.8. The highest BCUT2D eigenvalue weighted by Gasteiger charge is 2.14. The Morgan fingerprint density at radius 2 is 1.72 bits per heavy atom. The van der Waals surface area contributed by atoms with Crippen LogP contribution in [0.3, 0.4) is 0 Å². The first kappa shape index (κ1) is 24.3. The van der Waals surface area contributed by atoms with Gasteiger partial charge in [-0.1, -0.05) is 24.3 Å². The molecule has 0 aliphatic carbocycles. The maximum Gasteiger partial charge on any atom is 0.188 e. The molecule has 0 aromatic heterocycles. The molecule has 7 nitrogen and oxygen atoms in total. The number of rotatable bonds is 9. The van der Waals surface area contributed by atoms with Gasteiger partial charge in [0.25, 0.3) is 0 Å². The number of guanidine groups is 1. The Kier molecular flexibility index (Phi) is 11.9. The Hall–Kier alpha value is -0.940. The number of hydrogen-bond acceptors (Lipinski definition) is 5. The quantitative estimate of drug-likeness (QED) is 0.226. The van der Waals surface area contributed by atoms with Gasteiger partial charge < -0.3 is 25.3 Å². The van der Waals surface area contributed by atoms with E-state index in [1.807, 2.05) is 0 Å². The maximum absolute atomic E-state index is 5.98. The predicted octanol–water partition coefficient (Wildman–Crippen LogP) is 2.13. The molecular weight excluding hydrogens is 483 g/mol. The second-order valence-corrected chi connectivity index (χ2v) is 7.38. The fourth-order valence-corrected chi connectivity index (χ4v) is 3.37. The summed E-state index contributed by atoms with van der Waals surface area (Å²) < 4.78 is 16.7. The van der Waals surface area contributed by atoms with Gasteiger partial charge in [0.15, 0.2) is 5.96 Å². The SMILES string of the molecule is I.NC(=NCc1ccc(COC2CCOCC2)cc1)NCCCN1CCOCC1. The van der Waals surface area contributed by atoms with Crippen molar-refractivity contribution in [1.29, 1.82) is 0 Å². The van der Waals surface area contributed by atoms with Gasteiger partial charge in [-0.05, 0) is 36.9 Å². The molecule has 2 heterocycles. The number of aliphatic imine (C=N–C) groups is 1. The van der Waals surface area contributed by atoms with Crippen LogP contribution in [0.5, 0.6) is 0 Å². The number of hydrogen-bond donors (Lipinski definition) is 2. The topological polar surface area (TPSA) is 81.3 Å². The first-order valence-electron chi connectivity index (χ1n) is 10.4. The zero-order valence-electron chi connectivity index (χ0n) is 17.2. The number of nitrogens with two attached hydrogens (primary N) is 1. The Labute approximate surface area is 191 Å². The fourth-order valence-electron chi connectivity index (χ4n) is 3.37. The molecule has 8 heteroatoms. The molecule has 2 fully saturated rings. The third kappa shape index (κ3) is 9.61. The van der Waals surface area contributed by atoms with Crippen LogP contribution in [0.25, 0.3) is 0 Å². The van der Waals surface area contributed by atoms with Crippen molar-refractivity contribution < 1.29 is 14.2 Å². The van der Waals surface area contributed by atoms with E-state index in [9.17, 15) is 0 Å². The van der Waals surface area contributed by atoms with Gasteiger partial charge in [-0.15, -0.1) is 24.0 Å². The Morgan fingerprint density at radius 3 is 2.45 bits per heavy atom. The van der Waals surface area contributed by atoms with Crippen LogP contribution in [0.4, 0.5) is 0 Å². The van der Waals surface area contributed by atoms with Crippen LogP contribution in [-0.2, 0) is 27.4 Å². The van der Waals surface area contributed by atoms with Crippen molar-refractivity contribution in [1.82, 2.24) is 10.2 Å². The second-order valence-electron chi connectivity index (χ2n) is 7.38. The minimum atomic E-state index is 0. The zero-order chi connectivity index (χ0) is 19.4. The highest BCUT2D eigenvalue weighted by molar-refractivity contribution is 14.0. The number of nitrogens with zero attached hydrogens (tertiary/aromatic N) is 2. The summed E-state index contributed by atoms with van der Waals surface area (Å²) in [5.41, 5.74) is 8.31. The van der Waals surface area contributed by atoms with Crippen LogP contribution < -0.4 is 11.1 Å². The minimum absolute atomic E-state index is 0. The van der Waals surface area contributed by atoms with Crippen molar-refractivity contribution in [3.63, 3.8) is 0 Å². The smallest absolute Gasteiger partial charge is 0.188 e. The molecule has 0 saturated carbocycles. The van der Waals surface area contributed by atoms with Crippen molar-refractivity contribution in [3.05, 3.63) is 35.4 Å². The van der Waals surface area contributed by atoms with Gasteiger partial charge in [-0.3, -0.25) is 4.90 Å². The van der Waals surface area contributed by atoms with E-state index in [0.717, 1.165) is 77.4 Å². The molecule has 0 amide bonds. The standard InChI is InChI=1S/C21H34N4O3.HI/c22-21(23-8-1-9-25-10-14-27-15-11-25)24-16-18-2-4-19(5-3-18)17-28-20-6-12-26-13-7-20;/h2-5,20H,1,6-17H2,(H3,22,23,24);1H. The normalized spacial score (nSPS) is 19.0. The molecular formula is C21H35IN4O3. The summed E-state index contributed by atoms with van der Waals surface area (Å²) >= 11 is 0. The van der Waals surface area contributed by atoms with Gasteiger partial charge in [0.2, 0.25) is 0 Å². The van der Waals surface area contributed by atoms with Crippen molar-refractivity contribution in [2.75, 3.05) is 52.6 Å². The summed E-state index contributed by atoms with van der Waals surface area (Å²) in [6.45, 7) is 8.52. The summed E-state index contributed by atoms with van der Waals surface area (Å²) in [6, 6.07) is 8.40. The van der Waals surface area contributed by atoms with E-state index >= 15 is 0 Å². The minimum Gasteiger partial charge on any atom is -0.381 e.